The van der Waals surface area contributed by atoms with E-state index in [-0.39, 0.29) is 17.9 Å². The summed E-state index contributed by atoms with van der Waals surface area (Å²) in [6.45, 7) is 2.61. The fourth-order valence-corrected chi connectivity index (χ4v) is 3.83. The van der Waals surface area contributed by atoms with Crippen LogP contribution in [-0.4, -0.2) is 35.4 Å². The molecule has 1 atom stereocenters. The average molecular weight is 433 g/mol. The number of rotatable bonds is 7. The molecule has 4 rings (SSSR count). The number of ether oxygens (including phenoxy) is 2. The van der Waals surface area contributed by atoms with Gasteiger partial charge in [0.05, 0.1) is 31.1 Å². The lowest BCUT2D eigenvalue weighted by Gasteiger charge is -2.23. The Bertz CT molecular complexity index is 1150. The monoisotopic (exact) mass is 433 g/mol. The summed E-state index contributed by atoms with van der Waals surface area (Å²) in [5.74, 6) is -0.307. The minimum Gasteiger partial charge on any atom is -0.507 e. The Labute approximate surface area is 185 Å². The van der Waals surface area contributed by atoms with Gasteiger partial charge in [-0.25, -0.2) is 0 Å². The molecule has 1 aromatic heterocycles. The van der Waals surface area contributed by atoms with Gasteiger partial charge >= 0.3 is 0 Å². The SMILES string of the molecule is CCOc1ccc(CN2C(=O)C(=O)/C(=C(\O)c3ccccc3OC)C2c2ccco2)cc1. The molecule has 0 saturated carbocycles. The first kappa shape index (κ1) is 21.2. The van der Waals surface area contributed by atoms with Gasteiger partial charge in [-0.15, -0.1) is 0 Å². The minimum absolute atomic E-state index is 0.0413. The summed E-state index contributed by atoms with van der Waals surface area (Å²) in [6, 6.07) is 16.6. The quantitative estimate of drug-likeness (QED) is 0.339. The molecule has 0 spiro atoms. The van der Waals surface area contributed by atoms with E-state index in [1.807, 2.05) is 31.2 Å². The second kappa shape index (κ2) is 9.01. The highest BCUT2D eigenvalue weighted by Gasteiger charge is 2.47. The Morgan fingerprint density at radius 1 is 1.06 bits per heavy atom. The number of hydrogen-bond donors (Lipinski definition) is 1. The summed E-state index contributed by atoms with van der Waals surface area (Å²) in [7, 11) is 1.47. The van der Waals surface area contributed by atoms with Crippen LogP contribution in [0.4, 0.5) is 0 Å². The summed E-state index contributed by atoms with van der Waals surface area (Å²) in [5, 5.41) is 11.1. The van der Waals surface area contributed by atoms with Crippen molar-refractivity contribution in [1.82, 2.24) is 4.90 Å². The zero-order valence-corrected chi connectivity index (χ0v) is 17.8. The lowest BCUT2D eigenvalue weighted by atomic mass is 9.98. The van der Waals surface area contributed by atoms with E-state index in [2.05, 4.69) is 0 Å². The van der Waals surface area contributed by atoms with Gasteiger partial charge in [0.2, 0.25) is 0 Å². The summed E-state index contributed by atoms with van der Waals surface area (Å²) in [4.78, 5) is 27.5. The standard InChI is InChI=1S/C25H23NO6/c1-3-31-17-12-10-16(11-13-17)15-26-22(20-9-6-14-32-20)21(24(28)25(26)29)23(27)18-7-4-5-8-19(18)30-2/h4-14,22,27H,3,15H2,1-2H3/b23-21-. The zero-order chi connectivity index (χ0) is 22.7. The van der Waals surface area contributed by atoms with E-state index in [0.29, 0.717) is 23.7 Å². The number of amides is 1. The molecular weight excluding hydrogens is 410 g/mol. The number of nitrogens with zero attached hydrogens (tertiary/aromatic N) is 1. The first-order valence-electron chi connectivity index (χ1n) is 10.2. The molecule has 1 fully saturated rings. The van der Waals surface area contributed by atoms with E-state index in [1.165, 1.54) is 18.3 Å². The van der Waals surface area contributed by atoms with Gasteiger partial charge in [0.25, 0.3) is 11.7 Å². The molecule has 0 radical (unpaired) electrons. The summed E-state index contributed by atoms with van der Waals surface area (Å²) in [5.41, 5.74) is 1.09. The number of likely N-dealkylation sites (tertiary alicyclic amines) is 1. The molecule has 1 saturated heterocycles. The van der Waals surface area contributed by atoms with Crippen molar-refractivity contribution >= 4 is 17.4 Å². The minimum atomic E-state index is -0.874. The van der Waals surface area contributed by atoms with Crippen molar-refractivity contribution < 1.29 is 28.6 Å². The number of Topliss-reactive ketones (excluding diaryl/α,β-unsaturated/α-hetero) is 1. The van der Waals surface area contributed by atoms with Crippen molar-refractivity contribution in [2.45, 2.75) is 19.5 Å². The van der Waals surface area contributed by atoms with E-state index in [4.69, 9.17) is 13.9 Å². The van der Waals surface area contributed by atoms with Gasteiger partial charge < -0.3 is 23.9 Å². The average Bonchev–Trinajstić information content (AvgIpc) is 3.43. The number of para-hydroxylation sites is 1. The van der Waals surface area contributed by atoms with Crippen molar-refractivity contribution in [2.75, 3.05) is 13.7 Å². The van der Waals surface area contributed by atoms with Crippen molar-refractivity contribution in [3.63, 3.8) is 0 Å². The lowest BCUT2D eigenvalue weighted by Crippen LogP contribution is -2.29. The van der Waals surface area contributed by atoms with E-state index in [0.717, 1.165) is 11.3 Å². The van der Waals surface area contributed by atoms with Crippen LogP contribution in [0, 0.1) is 0 Å². The van der Waals surface area contributed by atoms with Crippen LogP contribution >= 0.6 is 0 Å². The Hall–Kier alpha value is -4.00. The lowest BCUT2D eigenvalue weighted by molar-refractivity contribution is -0.140. The molecule has 3 aromatic rings. The molecule has 32 heavy (non-hydrogen) atoms. The number of methoxy groups -OCH3 is 1. The number of furan rings is 1. The fourth-order valence-electron chi connectivity index (χ4n) is 3.83. The van der Waals surface area contributed by atoms with Crippen LogP contribution in [0.3, 0.4) is 0 Å². The van der Waals surface area contributed by atoms with Gasteiger partial charge in [-0.05, 0) is 48.9 Å². The highest BCUT2D eigenvalue weighted by Crippen LogP contribution is 2.41. The first-order chi connectivity index (χ1) is 15.5. The number of carbonyl (C=O) groups excluding carboxylic acids is 2. The molecule has 1 N–H and O–H groups in total. The molecular formula is C25H23NO6. The highest BCUT2D eigenvalue weighted by molar-refractivity contribution is 6.46. The molecule has 0 aliphatic carbocycles. The van der Waals surface area contributed by atoms with Gasteiger partial charge in [-0.2, -0.15) is 0 Å². The maximum absolute atomic E-state index is 13.1. The van der Waals surface area contributed by atoms with E-state index in [9.17, 15) is 14.7 Å². The van der Waals surface area contributed by atoms with Crippen molar-refractivity contribution in [2.24, 2.45) is 0 Å². The van der Waals surface area contributed by atoms with Gasteiger partial charge in [0.1, 0.15) is 29.1 Å². The molecule has 2 aromatic carbocycles. The highest BCUT2D eigenvalue weighted by atomic mass is 16.5. The predicted molar refractivity (Wildman–Crippen MR) is 117 cm³/mol. The van der Waals surface area contributed by atoms with E-state index in [1.54, 1.807) is 36.4 Å². The van der Waals surface area contributed by atoms with Crippen molar-refractivity contribution in [3.8, 4) is 11.5 Å². The maximum Gasteiger partial charge on any atom is 0.296 e. The van der Waals surface area contributed by atoms with Crippen LogP contribution in [0.25, 0.3) is 5.76 Å². The number of ketones is 1. The van der Waals surface area contributed by atoms with Crippen LogP contribution in [0.2, 0.25) is 0 Å². The number of benzene rings is 2. The normalized spacial score (nSPS) is 17.6. The molecule has 2 heterocycles. The maximum atomic E-state index is 13.1. The fraction of sp³-hybridized carbons (Fsp3) is 0.200. The molecule has 1 aliphatic rings. The van der Waals surface area contributed by atoms with Crippen LogP contribution in [0.1, 0.15) is 29.9 Å². The second-order valence-corrected chi connectivity index (χ2v) is 7.22. The third kappa shape index (κ3) is 3.85. The summed E-state index contributed by atoms with van der Waals surface area (Å²) in [6.07, 6.45) is 1.47. The zero-order valence-electron chi connectivity index (χ0n) is 17.8. The Kier molecular flexibility index (Phi) is 5.98. The van der Waals surface area contributed by atoms with Gasteiger partial charge in [0.15, 0.2) is 0 Å². The summed E-state index contributed by atoms with van der Waals surface area (Å²) < 4.78 is 16.4. The number of carbonyl (C=O) groups is 2. The second-order valence-electron chi connectivity index (χ2n) is 7.22. The predicted octanol–water partition coefficient (Wildman–Crippen LogP) is 4.31. The molecule has 7 heteroatoms. The van der Waals surface area contributed by atoms with Crippen molar-refractivity contribution in [3.05, 3.63) is 89.4 Å². The molecule has 7 nitrogen and oxygen atoms in total. The molecule has 1 amide bonds. The molecule has 0 bridgehead atoms. The number of hydrogen-bond acceptors (Lipinski definition) is 6. The van der Waals surface area contributed by atoms with E-state index < -0.39 is 17.7 Å². The Morgan fingerprint density at radius 2 is 1.81 bits per heavy atom. The molecule has 164 valence electrons. The third-order valence-electron chi connectivity index (χ3n) is 5.30. The third-order valence-corrected chi connectivity index (χ3v) is 5.30. The Balaban J connectivity index is 1.78. The number of aliphatic hydroxyl groups is 1. The van der Waals surface area contributed by atoms with Crippen LogP contribution in [0.15, 0.2) is 76.9 Å². The smallest absolute Gasteiger partial charge is 0.296 e. The van der Waals surface area contributed by atoms with Gasteiger partial charge in [-0.3, -0.25) is 9.59 Å². The first-order valence-corrected chi connectivity index (χ1v) is 10.2. The van der Waals surface area contributed by atoms with Crippen molar-refractivity contribution in [1.29, 1.82) is 0 Å². The van der Waals surface area contributed by atoms with Crippen LogP contribution in [0.5, 0.6) is 11.5 Å². The van der Waals surface area contributed by atoms with E-state index >= 15 is 0 Å². The summed E-state index contributed by atoms with van der Waals surface area (Å²) >= 11 is 0. The number of aliphatic hydroxyl groups excluding tert-OH is 1. The molecule has 1 aliphatic heterocycles. The topological polar surface area (TPSA) is 89.2 Å². The van der Waals surface area contributed by atoms with Gasteiger partial charge in [-0.1, -0.05) is 24.3 Å². The molecule has 1 unspecified atom stereocenters. The van der Waals surface area contributed by atoms with Gasteiger partial charge in [0, 0.05) is 6.54 Å². The van der Waals surface area contributed by atoms with Crippen LogP contribution < -0.4 is 9.47 Å². The Morgan fingerprint density at radius 3 is 2.47 bits per heavy atom. The largest absolute Gasteiger partial charge is 0.507 e. The van der Waals surface area contributed by atoms with Crippen LogP contribution in [-0.2, 0) is 16.1 Å².